The number of benzene rings is 1. The van der Waals surface area contributed by atoms with E-state index in [2.05, 4.69) is 28.0 Å². The number of rotatable bonds is 4. The number of hydrogen-bond acceptors (Lipinski definition) is 5. The van der Waals surface area contributed by atoms with Crippen LogP contribution in [0.15, 0.2) is 48.7 Å². The van der Waals surface area contributed by atoms with Crippen molar-refractivity contribution in [3.05, 3.63) is 77.1 Å². The van der Waals surface area contributed by atoms with Crippen molar-refractivity contribution in [3.8, 4) is 0 Å². The van der Waals surface area contributed by atoms with E-state index in [9.17, 15) is 8.78 Å². The number of aromatic nitrogens is 2. The van der Waals surface area contributed by atoms with Crippen LogP contribution in [0.5, 0.6) is 0 Å². The molecule has 146 valence electrons. The fourth-order valence-corrected chi connectivity index (χ4v) is 3.34. The van der Waals surface area contributed by atoms with Crippen molar-refractivity contribution in [2.45, 2.75) is 0 Å². The monoisotopic (exact) mass is 391 g/mol. The van der Waals surface area contributed by atoms with Crippen molar-refractivity contribution >= 4 is 34.1 Å². The number of allylic oxidation sites excluding steroid dienone is 1. The second-order valence-electron chi connectivity index (χ2n) is 6.99. The molecule has 0 aliphatic carbocycles. The van der Waals surface area contributed by atoms with E-state index in [-0.39, 0.29) is 11.3 Å². The molecule has 0 saturated carbocycles. The lowest BCUT2D eigenvalue weighted by molar-refractivity contribution is 0.438. The highest BCUT2D eigenvalue weighted by Crippen LogP contribution is 2.25. The number of nitrogens with two attached hydrogens (primary N) is 1. The second-order valence-corrected chi connectivity index (χ2v) is 6.99. The third-order valence-electron chi connectivity index (χ3n) is 4.94. The molecule has 7 heteroatoms. The molecule has 3 aromatic rings. The zero-order valence-electron chi connectivity index (χ0n) is 15.8. The smallest absolute Gasteiger partial charge is 0.159 e. The SMILES string of the molecule is CN1CC=C(c2cnc3ccc(C(C=N)=C(N)c4ccc(F)c(F)c4)nc3c2)C1. The fraction of sp³-hybridized carbons (Fsp3) is 0.136. The Morgan fingerprint density at radius 1 is 1.14 bits per heavy atom. The van der Waals surface area contributed by atoms with Crippen molar-refractivity contribution in [1.29, 1.82) is 5.41 Å². The Bertz CT molecular complexity index is 1180. The van der Waals surface area contributed by atoms with Gasteiger partial charge in [-0.15, -0.1) is 0 Å². The molecule has 3 N–H and O–H groups in total. The van der Waals surface area contributed by atoms with Crippen LogP contribution < -0.4 is 5.73 Å². The van der Waals surface area contributed by atoms with Gasteiger partial charge in [-0.1, -0.05) is 6.08 Å². The van der Waals surface area contributed by atoms with Gasteiger partial charge < -0.3 is 11.1 Å². The van der Waals surface area contributed by atoms with Crippen LogP contribution in [-0.2, 0) is 0 Å². The fourth-order valence-electron chi connectivity index (χ4n) is 3.34. The number of likely N-dealkylation sites (N-methyl/N-ethyl adjacent to an activating group) is 1. The van der Waals surface area contributed by atoms with Gasteiger partial charge >= 0.3 is 0 Å². The van der Waals surface area contributed by atoms with Crippen molar-refractivity contribution in [3.63, 3.8) is 0 Å². The summed E-state index contributed by atoms with van der Waals surface area (Å²) < 4.78 is 26.8. The number of pyridine rings is 2. The van der Waals surface area contributed by atoms with Gasteiger partial charge in [0.25, 0.3) is 0 Å². The summed E-state index contributed by atoms with van der Waals surface area (Å²) in [6.45, 7) is 1.74. The number of nitrogens with zero attached hydrogens (tertiary/aromatic N) is 3. The van der Waals surface area contributed by atoms with Gasteiger partial charge in [0.15, 0.2) is 11.6 Å². The lowest BCUT2D eigenvalue weighted by atomic mass is 10.0. The molecular formula is C22H19F2N5. The van der Waals surface area contributed by atoms with E-state index in [1.54, 1.807) is 12.1 Å². The van der Waals surface area contributed by atoms with Crippen LogP contribution >= 0.6 is 0 Å². The maximum atomic E-state index is 13.6. The summed E-state index contributed by atoms with van der Waals surface area (Å²) in [6.07, 6.45) is 5.06. The van der Waals surface area contributed by atoms with Crippen molar-refractivity contribution < 1.29 is 8.78 Å². The largest absolute Gasteiger partial charge is 0.398 e. The summed E-state index contributed by atoms with van der Waals surface area (Å²) in [5.41, 5.74) is 11.0. The van der Waals surface area contributed by atoms with Crippen LogP contribution in [-0.4, -0.2) is 41.2 Å². The molecule has 0 amide bonds. The van der Waals surface area contributed by atoms with Crippen LogP contribution in [0.4, 0.5) is 8.78 Å². The molecule has 1 aliphatic heterocycles. The molecule has 0 radical (unpaired) electrons. The zero-order valence-corrected chi connectivity index (χ0v) is 15.8. The third kappa shape index (κ3) is 3.64. The van der Waals surface area contributed by atoms with E-state index in [1.165, 1.54) is 11.6 Å². The molecule has 1 aromatic carbocycles. The molecule has 0 bridgehead atoms. The lowest BCUT2D eigenvalue weighted by Gasteiger charge is -2.10. The zero-order chi connectivity index (χ0) is 20.5. The molecule has 0 unspecified atom stereocenters. The van der Waals surface area contributed by atoms with Crippen molar-refractivity contribution in [1.82, 2.24) is 14.9 Å². The van der Waals surface area contributed by atoms with Gasteiger partial charge in [0.05, 0.1) is 16.7 Å². The number of halogens is 2. The van der Waals surface area contributed by atoms with Crippen molar-refractivity contribution in [2.75, 3.05) is 20.1 Å². The maximum Gasteiger partial charge on any atom is 0.159 e. The van der Waals surface area contributed by atoms with E-state index in [0.717, 1.165) is 42.5 Å². The van der Waals surface area contributed by atoms with Gasteiger partial charge in [0.1, 0.15) is 0 Å². The van der Waals surface area contributed by atoms with Gasteiger partial charge in [0, 0.05) is 42.3 Å². The summed E-state index contributed by atoms with van der Waals surface area (Å²) in [7, 11) is 2.05. The Hall–Kier alpha value is -3.45. The van der Waals surface area contributed by atoms with E-state index in [4.69, 9.17) is 11.1 Å². The highest BCUT2D eigenvalue weighted by atomic mass is 19.2. The van der Waals surface area contributed by atoms with Crippen LogP contribution in [0.2, 0.25) is 0 Å². The van der Waals surface area contributed by atoms with Crippen LogP contribution in [0.3, 0.4) is 0 Å². The van der Waals surface area contributed by atoms with E-state index >= 15 is 0 Å². The van der Waals surface area contributed by atoms with E-state index in [0.29, 0.717) is 16.8 Å². The topological polar surface area (TPSA) is 78.9 Å². The summed E-state index contributed by atoms with van der Waals surface area (Å²) >= 11 is 0. The molecule has 0 fully saturated rings. The van der Waals surface area contributed by atoms with Gasteiger partial charge in [-0.2, -0.15) is 0 Å². The Morgan fingerprint density at radius 3 is 2.66 bits per heavy atom. The Kier molecular flexibility index (Phi) is 4.90. The van der Waals surface area contributed by atoms with Crippen LogP contribution in [0, 0.1) is 17.0 Å². The molecule has 0 spiro atoms. The van der Waals surface area contributed by atoms with E-state index < -0.39 is 11.6 Å². The third-order valence-corrected chi connectivity index (χ3v) is 4.94. The van der Waals surface area contributed by atoms with E-state index in [1.807, 2.05) is 12.3 Å². The lowest BCUT2D eigenvalue weighted by Crippen LogP contribution is -2.13. The van der Waals surface area contributed by atoms with Gasteiger partial charge in [-0.3, -0.25) is 9.88 Å². The first-order valence-corrected chi connectivity index (χ1v) is 9.07. The molecule has 0 saturated heterocycles. The molecule has 29 heavy (non-hydrogen) atoms. The highest BCUT2D eigenvalue weighted by Gasteiger charge is 2.14. The normalized spacial score (nSPS) is 15.3. The second kappa shape index (κ2) is 7.52. The van der Waals surface area contributed by atoms with Gasteiger partial charge in [-0.25, -0.2) is 13.8 Å². The van der Waals surface area contributed by atoms with Gasteiger partial charge in [-0.05, 0) is 54.6 Å². The molecule has 3 heterocycles. The van der Waals surface area contributed by atoms with Crippen molar-refractivity contribution in [2.24, 2.45) is 5.73 Å². The van der Waals surface area contributed by atoms with Gasteiger partial charge in [0.2, 0.25) is 0 Å². The maximum absolute atomic E-state index is 13.6. The van der Waals surface area contributed by atoms with Crippen LogP contribution in [0.1, 0.15) is 16.8 Å². The minimum absolute atomic E-state index is 0.148. The number of fused-ring (bicyclic) bond motifs is 1. The predicted octanol–water partition coefficient (Wildman–Crippen LogP) is 3.71. The molecule has 2 aromatic heterocycles. The summed E-state index contributed by atoms with van der Waals surface area (Å²) in [5, 5.41) is 7.78. The Labute approximate surface area is 166 Å². The minimum Gasteiger partial charge on any atom is -0.398 e. The molecule has 0 atom stereocenters. The first-order chi connectivity index (χ1) is 14.0. The summed E-state index contributed by atoms with van der Waals surface area (Å²) in [4.78, 5) is 11.3. The van der Waals surface area contributed by atoms with Crippen LogP contribution in [0.25, 0.3) is 27.9 Å². The number of hydrogen-bond donors (Lipinski definition) is 2. The average Bonchev–Trinajstić information content (AvgIpc) is 3.16. The summed E-state index contributed by atoms with van der Waals surface area (Å²) in [5.74, 6) is -1.95. The minimum atomic E-state index is -0.995. The Balaban J connectivity index is 1.78. The average molecular weight is 391 g/mol. The standard InChI is InChI=1S/C22H19F2N5/c1-29-7-6-14(12-29)15-9-21-20(27-11-15)5-4-19(28-21)16(10-25)22(26)13-2-3-17(23)18(24)8-13/h2-6,8-11,25H,7,12,26H2,1H3. The predicted molar refractivity (Wildman–Crippen MR) is 111 cm³/mol. The quantitative estimate of drug-likeness (QED) is 0.665. The molecule has 5 nitrogen and oxygen atoms in total. The highest BCUT2D eigenvalue weighted by molar-refractivity contribution is 6.17. The molecule has 4 rings (SSSR count). The number of nitrogens with one attached hydrogen (secondary N) is 1. The Morgan fingerprint density at radius 2 is 1.97 bits per heavy atom. The first kappa shape index (κ1) is 18.9. The summed E-state index contributed by atoms with van der Waals surface area (Å²) in [6, 6.07) is 8.88. The molecule has 1 aliphatic rings. The molecular weight excluding hydrogens is 372 g/mol. The first-order valence-electron chi connectivity index (χ1n) is 9.07.